The lowest BCUT2D eigenvalue weighted by molar-refractivity contribution is -0.180. The quantitative estimate of drug-likeness (QED) is 0.616. The lowest BCUT2D eigenvalue weighted by atomic mass is 10.00. The normalized spacial score (nSPS) is 19.6. The van der Waals surface area contributed by atoms with Crippen LogP contribution in [0.25, 0.3) is 0 Å². The van der Waals surface area contributed by atoms with Crippen LogP contribution in [0.4, 0.5) is 0 Å². The standard InChI is InChI=1S/C10H20O3/c1-3-12-10(13-4-2)9-5-7-11-8-6-9/h9-10H,3-8H2,1-2H3. The van der Waals surface area contributed by atoms with Gasteiger partial charge >= 0.3 is 0 Å². The maximum absolute atomic E-state index is 5.54. The molecule has 0 amide bonds. The molecular weight excluding hydrogens is 168 g/mol. The van der Waals surface area contributed by atoms with Gasteiger partial charge in [-0.15, -0.1) is 0 Å². The highest BCUT2D eigenvalue weighted by Gasteiger charge is 2.24. The molecule has 0 unspecified atom stereocenters. The third-order valence-electron chi connectivity index (χ3n) is 2.31. The molecular formula is C10H20O3. The second kappa shape index (κ2) is 6.35. The highest BCUT2D eigenvalue weighted by atomic mass is 16.7. The molecule has 3 heteroatoms. The zero-order chi connectivity index (χ0) is 9.52. The Balaban J connectivity index is 2.32. The smallest absolute Gasteiger partial charge is 0.160 e. The SMILES string of the molecule is CCOC(OCC)C1CCOCC1. The molecule has 0 aromatic rings. The number of rotatable bonds is 5. The van der Waals surface area contributed by atoms with E-state index >= 15 is 0 Å². The van der Waals surface area contributed by atoms with Crippen LogP contribution in [-0.2, 0) is 14.2 Å². The summed E-state index contributed by atoms with van der Waals surface area (Å²) in [5.41, 5.74) is 0. The van der Waals surface area contributed by atoms with E-state index in [4.69, 9.17) is 14.2 Å². The molecule has 0 N–H and O–H groups in total. The minimum Gasteiger partial charge on any atom is -0.381 e. The van der Waals surface area contributed by atoms with Gasteiger partial charge in [-0.2, -0.15) is 0 Å². The van der Waals surface area contributed by atoms with Crippen LogP contribution in [0.1, 0.15) is 26.7 Å². The summed E-state index contributed by atoms with van der Waals surface area (Å²) in [7, 11) is 0. The van der Waals surface area contributed by atoms with Crippen molar-refractivity contribution in [3.63, 3.8) is 0 Å². The summed E-state index contributed by atoms with van der Waals surface area (Å²) in [6.45, 7) is 7.16. The Morgan fingerprint density at radius 3 is 2.15 bits per heavy atom. The van der Waals surface area contributed by atoms with Gasteiger partial charge < -0.3 is 14.2 Å². The largest absolute Gasteiger partial charge is 0.381 e. The average molecular weight is 188 g/mol. The monoisotopic (exact) mass is 188 g/mol. The molecule has 1 rings (SSSR count). The van der Waals surface area contributed by atoms with Crippen LogP contribution < -0.4 is 0 Å². The van der Waals surface area contributed by atoms with Crippen LogP contribution in [0.15, 0.2) is 0 Å². The third kappa shape index (κ3) is 3.63. The summed E-state index contributed by atoms with van der Waals surface area (Å²) in [5, 5.41) is 0. The predicted molar refractivity (Wildman–Crippen MR) is 50.6 cm³/mol. The first-order valence-electron chi connectivity index (χ1n) is 5.19. The van der Waals surface area contributed by atoms with Crippen molar-refractivity contribution in [3.8, 4) is 0 Å². The molecule has 0 radical (unpaired) electrons. The van der Waals surface area contributed by atoms with E-state index in [1.54, 1.807) is 0 Å². The maximum atomic E-state index is 5.54. The van der Waals surface area contributed by atoms with Crippen molar-refractivity contribution < 1.29 is 14.2 Å². The molecule has 1 saturated heterocycles. The van der Waals surface area contributed by atoms with Crippen LogP contribution in [0, 0.1) is 5.92 Å². The molecule has 0 bridgehead atoms. The van der Waals surface area contributed by atoms with Gasteiger partial charge in [-0.1, -0.05) is 0 Å². The maximum Gasteiger partial charge on any atom is 0.160 e. The van der Waals surface area contributed by atoms with E-state index < -0.39 is 0 Å². The zero-order valence-electron chi connectivity index (χ0n) is 8.62. The van der Waals surface area contributed by atoms with E-state index in [1.165, 1.54) is 0 Å². The molecule has 0 spiro atoms. The molecule has 3 nitrogen and oxygen atoms in total. The highest BCUT2D eigenvalue weighted by Crippen LogP contribution is 2.21. The molecule has 0 atom stereocenters. The number of hydrogen-bond acceptors (Lipinski definition) is 3. The second-order valence-corrected chi connectivity index (χ2v) is 3.23. The Hall–Kier alpha value is -0.120. The van der Waals surface area contributed by atoms with Crippen molar-refractivity contribution in [2.24, 2.45) is 5.92 Å². The van der Waals surface area contributed by atoms with Crippen molar-refractivity contribution in [3.05, 3.63) is 0 Å². The molecule has 0 aromatic carbocycles. The lowest BCUT2D eigenvalue weighted by Crippen LogP contribution is -2.32. The number of ether oxygens (including phenoxy) is 3. The first-order chi connectivity index (χ1) is 6.38. The van der Waals surface area contributed by atoms with Crippen molar-refractivity contribution in [2.45, 2.75) is 33.0 Å². The summed E-state index contributed by atoms with van der Waals surface area (Å²) in [6, 6.07) is 0. The fourth-order valence-corrected chi connectivity index (χ4v) is 1.64. The topological polar surface area (TPSA) is 27.7 Å². The Morgan fingerprint density at radius 2 is 1.69 bits per heavy atom. The Labute approximate surface area is 80.4 Å². The zero-order valence-corrected chi connectivity index (χ0v) is 8.62. The molecule has 1 heterocycles. The van der Waals surface area contributed by atoms with Crippen LogP contribution >= 0.6 is 0 Å². The van der Waals surface area contributed by atoms with Crippen LogP contribution in [0.3, 0.4) is 0 Å². The summed E-state index contributed by atoms with van der Waals surface area (Å²) in [5.74, 6) is 0.522. The van der Waals surface area contributed by atoms with E-state index in [-0.39, 0.29) is 6.29 Å². The summed E-state index contributed by atoms with van der Waals surface area (Å²) < 4.78 is 16.4. The molecule has 1 aliphatic rings. The Bertz CT molecular complexity index is 115. The van der Waals surface area contributed by atoms with Crippen LogP contribution in [0.2, 0.25) is 0 Å². The van der Waals surface area contributed by atoms with Crippen molar-refractivity contribution >= 4 is 0 Å². The predicted octanol–water partition coefficient (Wildman–Crippen LogP) is 1.81. The molecule has 78 valence electrons. The highest BCUT2D eigenvalue weighted by molar-refractivity contribution is 4.66. The van der Waals surface area contributed by atoms with Gasteiger partial charge in [-0.25, -0.2) is 0 Å². The molecule has 1 aliphatic heterocycles. The Kier molecular flexibility index (Phi) is 5.35. The fourth-order valence-electron chi connectivity index (χ4n) is 1.64. The summed E-state index contributed by atoms with van der Waals surface area (Å²) in [6.07, 6.45) is 2.11. The number of hydrogen-bond donors (Lipinski definition) is 0. The van der Waals surface area contributed by atoms with Gasteiger partial charge in [-0.3, -0.25) is 0 Å². The van der Waals surface area contributed by atoms with Crippen molar-refractivity contribution in [2.75, 3.05) is 26.4 Å². The van der Waals surface area contributed by atoms with E-state index in [9.17, 15) is 0 Å². The first-order valence-corrected chi connectivity index (χ1v) is 5.19. The fraction of sp³-hybridized carbons (Fsp3) is 1.00. The minimum atomic E-state index is -0.0149. The van der Waals surface area contributed by atoms with Crippen LogP contribution in [0.5, 0.6) is 0 Å². The van der Waals surface area contributed by atoms with Gasteiger partial charge in [-0.05, 0) is 26.7 Å². The van der Waals surface area contributed by atoms with Crippen molar-refractivity contribution in [1.82, 2.24) is 0 Å². The van der Waals surface area contributed by atoms with E-state index in [1.807, 2.05) is 13.8 Å². The van der Waals surface area contributed by atoms with Gasteiger partial charge in [0.25, 0.3) is 0 Å². The molecule has 13 heavy (non-hydrogen) atoms. The average Bonchev–Trinajstić information content (AvgIpc) is 2.19. The van der Waals surface area contributed by atoms with Crippen LogP contribution in [-0.4, -0.2) is 32.7 Å². The summed E-state index contributed by atoms with van der Waals surface area (Å²) in [4.78, 5) is 0. The molecule has 0 saturated carbocycles. The third-order valence-corrected chi connectivity index (χ3v) is 2.31. The van der Waals surface area contributed by atoms with Gasteiger partial charge in [0, 0.05) is 32.3 Å². The van der Waals surface area contributed by atoms with Gasteiger partial charge in [0.15, 0.2) is 6.29 Å². The van der Waals surface area contributed by atoms with Gasteiger partial charge in [0.1, 0.15) is 0 Å². The molecule has 0 aliphatic carbocycles. The van der Waals surface area contributed by atoms with Gasteiger partial charge in [0.05, 0.1) is 0 Å². The molecule has 0 aromatic heterocycles. The first kappa shape index (κ1) is 11.0. The van der Waals surface area contributed by atoms with Gasteiger partial charge in [0.2, 0.25) is 0 Å². The molecule has 1 fully saturated rings. The lowest BCUT2D eigenvalue weighted by Gasteiger charge is -2.29. The Morgan fingerprint density at radius 1 is 1.15 bits per heavy atom. The van der Waals surface area contributed by atoms with E-state index in [2.05, 4.69) is 0 Å². The minimum absolute atomic E-state index is 0.0149. The van der Waals surface area contributed by atoms with E-state index in [0.29, 0.717) is 5.92 Å². The second-order valence-electron chi connectivity index (χ2n) is 3.23. The summed E-state index contributed by atoms with van der Waals surface area (Å²) >= 11 is 0. The van der Waals surface area contributed by atoms with E-state index in [0.717, 1.165) is 39.3 Å². The van der Waals surface area contributed by atoms with Crippen molar-refractivity contribution in [1.29, 1.82) is 0 Å².